The second-order valence-corrected chi connectivity index (χ2v) is 9.10. The minimum absolute atomic E-state index is 0. The molecule has 0 spiro atoms. The summed E-state index contributed by atoms with van der Waals surface area (Å²) < 4.78 is 6.25. The Bertz CT molecular complexity index is 1170. The predicted octanol–water partition coefficient (Wildman–Crippen LogP) is 6.34. The van der Waals surface area contributed by atoms with Crippen molar-refractivity contribution in [2.75, 3.05) is 0 Å². The lowest BCUT2D eigenvalue weighted by molar-refractivity contribution is 0.0696. The van der Waals surface area contributed by atoms with Gasteiger partial charge in [-0.1, -0.05) is 43.7 Å². The molecule has 0 saturated heterocycles. The molecule has 3 aromatic rings. The number of aromatic nitrogens is 1. The SMILES string of the molecule is Cc1ccc(-c2c(COc3ccc(C(=O)O)c(C)c3C)c(C)nc(CC(C)C)c2CN)cc1.Cl. The van der Waals surface area contributed by atoms with Crippen molar-refractivity contribution in [3.63, 3.8) is 0 Å². The van der Waals surface area contributed by atoms with Crippen molar-refractivity contribution >= 4 is 18.4 Å². The Hall–Kier alpha value is -2.89. The summed E-state index contributed by atoms with van der Waals surface area (Å²) in [5.74, 6) is 0.207. The van der Waals surface area contributed by atoms with Gasteiger partial charge in [-0.3, -0.25) is 4.98 Å². The Morgan fingerprint density at radius 3 is 2.21 bits per heavy atom. The number of carboxylic acids is 1. The highest BCUT2D eigenvalue weighted by Gasteiger charge is 2.20. The number of hydrogen-bond donors (Lipinski definition) is 2. The Morgan fingerprint density at radius 1 is 1.00 bits per heavy atom. The van der Waals surface area contributed by atoms with E-state index in [4.69, 9.17) is 15.5 Å². The highest BCUT2D eigenvalue weighted by molar-refractivity contribution is 5.90. The number of halogens is 1. The number of carboxylic acid groups (broad SMARTS) is 1. The molecule has 0 amide bonds. The lowest BCUT2D eigenvalue weighted by Crippen LogP contribution is -2.14. The zero-order valence-corrected chi connectivity index (χ0v) is 21.7. The molecule has 1 aromatic heterocycles. The van der Waals surface area contributed by atoms with Gasteiger partial charge >= 0.3 is 5.97 Å². The predicted molar refractivity (Wildman–Crippen MR) is 140 cm³/mol. The van der Waals surface area contributed by atoms with Gasteiger partial charge in [-0.25, -0.2) is 4.79 Å². The first-order chi connectivity index (χ1) is 15.6. The summed E-state index contributed by atoms with van der Waals surface area (Å²) in [6.45, 7) is 12.9. The normalized spacial score (nSPS) is 10.8. The van der Waals surface area contributed by atoms with Gasteiger partial charge in [-0.2, -0.15) is 0 Å². The molecule has 182 valence electrons. The molecule has 1 heterocycles. The highest BCUT2D eigenvalue weighted by atomic mass is 35.5. The minimum Gasteiger partial charge on any atom is -0.489 e. The van der Waals surface area contributed by atoms with E-state index in [9.17, 15) is 9.90 Å². The van der Waals surface area contributed by atoms with Crippen LogP contribution in [0.4, 0.5) is 0 Å². The Labute approximate surface area is 208 Å². The summed E-state index contributed by atoms with van der Waals surface area (Å²) >= 11 is 0. The van der Waals surface area contributed by atoms with E-state index in [0.29, 0.717) is 35.9 Å². The molecule has 0 bridgehead atoms. The second kappa shape index (κ2) is 11.5. The van der Waals surface area contributed by atoms with Crippen LogP contribution in [0.15, 0.2) is 36.4 Å². The number of benzene rings is 2. The first-order valence-corrected chi connectivity index (χ1v) is 11.4. The van der Waals surface area contributed by atoms with Crippen molar-refractivity contribution in [2.45, 2.75) is 61.1 Å². The van der Waals surface area contributed by atoms with Crippen LogP contribution in [0.1, 0.15) is 63.4 Å². The Balaban J connectivity index is 0.00000408. The smallest absolute Gasteiger partial charge is 0.335 e. The lowest BCUT2D eigenvalue weighted by Gasteiger charge is -2.22. The first kappa shape index (κ1) is 27.4. The van der Waals surface area contributed by atoms with E-state index in [1.807, 2.05) is 20.8 Å². The maximum atomic E-state index is 11.5. The molecular formula is C28H35ClN2O3. The summed E-state index contributed by atoms with van der Waals surface area (Å²) in [6, 6.07) is 11.8. The molecule has 0 aliphatic carbocycles. The highest BCUT2D eigenvalue weighted by Crippen LogP contribution is 2.34. The third-order valence-corrected chi connectivity index (χ3v) is 6.18. The van der Waals surface area contributed by atoms with Gasteiger partial charge in [0.15, 0.2) is 0 Å². The average Bonchev–Trinajstić information content (AvgIpc) is 2.75. The van der Waals surface area contributed by atoms with Crippen LogP contribution in [-0.4, -0.2) is 16.1 Å². The van der Waals surface area contributed by atoms with Crippen LogP contribution in [0.25, 0.3) is 11.1 Å². The van der Waals surface area contributed by atoms with Crippen LogP contribution in [0, 0.1) is 33.6 Å². The molecule has 6 heteroatoms. The Kier molecular flexibility index (Phi) is 9.25. The number of aryl methyl sites for hydroxylation is 2. The first-order valence-electron chi connectivity index (χ1n) is 11.4. The van der Waals surface area contributed by atoms with E-state index in [1.54, 1.807) is 12.1 Å². The minimum atomic E-state index is -0.933. The summed E-state index contributed by atoms with van der Waals surface area (Å²) in [7, 11) is 0. The van der Waals surface area contributed by atoms with Crippen LogP contribution in [0.2, 0.25) is 0 Å². The number of aromatic carboxylic acids is 1. The molecule has 0 aliphatic heterocycles. The van der Waals surface area contributed by atoms with Gasteiger partial charge in [-0.15, -0.1) is 12.4 Å². The molecule has 0 atom stereocenters. The number of ether oxygens (including phenoxy) is 1. The van der Waals surface area contributed by atoms with Crippen LogP contribution in [0.3, 0.4) is 0 Å². The van der Waals surface area contributed by atoms with E-state index in [2.05, 4.69) is 45.0 Å². The van der Waals surface area contributed by atoms with Crippen LogP contribution >= 0.6 is 12.4 Å². The topological polar surface area (TPSA) is 85.4 Å². The molecule has 34 heavy (non-hydrogen) atoms. The lowest BCUT2D eigenvalue weighted by atomic mass is 9.90. The third kappa shape index (κ3) is 5.78. The molecule has 0 unspecified atom stereocenters. The summed E-state index contributed by atoms with van der Waals surface area (Å²) in [5, 5.41) is 9.39. The van der Waals surface area contributed by atoms with Crippen LogP contribution < -0.4 is 10.5 Å². The van der Waals surface area contributed by atoms with E-state index in [0.717, 1.165) is 45.6 Å². The van der Waals surface area contributed by atoms with Crippen LogP contribution in [0.5, 0.6) is 5.75 Å². The quantitative estimate of drug-likeness (QED) is 0.391. The van der Waals surface area contributed by atoms with Crippen molar-refractivity contribution in [1.82, 2.24) is 4.98 Å². The summed E-state index contributed by atoms with van der Waals surface area (Å²) in [4.78, 5) is 16.4. The fraction of sp³-hybridized carbons (Fsp3) is 0.357. The van der Waals surface area contributed by atoms with E-state index in [-0.39, 0.29) is 12.4 Å². The molecule has 0 fully saturated rings. The molecule has 2 aromatic carbocycles. The number of carbonyl (C=O) groups is 1. The summed E-state index contributed by atoms with van der Waals surface area (Å²) in [6.07, 6.45) is 0.863. The number of nitrogens with zero attached hydrogens (tertiary/aromatic N) is 1. The van der Waals surface area contributed by atoms with Gasteiger partial charge in [-0.05, 0) is 80.0 Å². The van der Waals surface area contributed by atoms with E-state index in [1.165, 1.54) is 5.56 Å². The zero-order chi connectivity index (χ0) is 24.3. The standard InChI is InChI=1S/C28H34N2O3.ClH/c1-16(2)13-25-23(14-29)27(21-9-7-17(3)8-10-21)24(20(6)30-25)15-33-26-12-11-22(28(31)32)18(4)19(26)5;/h7-12,16H,13-15,29H2,1-6H3,(H,31,32);1H. The van der Waals surface area contributed by atoms with Crippen LogP contribution in [-0.2, 0) is 19.6 Å². The van der Waals surface area contributed by atoms with Gasteiger partial charge in [0.1, 0.15) is 12.4 Å². The molecule has 0 aliphatic rings. The number of pyridine rings is 1. The molecular weight excluding hydrogens is 448 g/mol. The molecule has 0 saturated carbocycles. The largest absolute Gasteiger partial charge is 0.489 e. The summed E-state index contributed by atoms with van der Waals surface area (Å²) in [5.41, 5.74) is 15.5. The van der Waals surface area contributed by atoms with Gasteiger partial charge < -0.3 is 15.6 Å². The number of nitrogens with two attached hydrogens (primary N) is 1. The van der Waals surface area contributed by atoms with Crippen molar-refractivity contribution in [2.24, 2.45) is 11.7 Å². The average molecular weight is 483 g/mol. The fourth-order valence-electron chi connectivity index (χ4n) is 4.20. The zero-order valence-electron chi connectivity index (χ0n) is 20.9. The Morgan fingerprint density at radius 2 is 1.65 bits per heavy atom. The molecule has 5 nitrogen and oxygen atoms in total. The third-order valence-electron chi connectivity index (χ3n) is 6.18. The maximum absolute atomic E-state index is 11.5. The van der Waals surface area contributed by atoms with Crippen molar-refractivity contribution in [3.05, 3.63) is 81.2 Å². The molecule has 3 rings (SSSR count). The van der Waals surface area contributed by atoms with E-state index < -0.39 is 5.97 Å². The maximum Gasteiger partial charge on any atom is 0.335 e. The van der Waals surface area contributed by atoms with Gasteiger partial charge in [0, 0.05) is 23.5 Å². The second-order valence-electron chi connectivity index (χ2n) is 9.10. The number of rotatable bonds is 8. The van der Waals surface area contributed by atoms with Crippen molar-refractivity contribution in [3.8, 4) is 16.9 Å². The monoisotopic (exact) mass is 482 g/mol. The molecule has 0 radical (unpaired) electrons. The van der Waals surface area contributed by atoms with Gasteiger partial charge in [0.2, 0.25) is 0 Å². The number of hydrogen-bond acceptors (Lipinski definition) is 4. The van der Waals surface area contributed by atoms with Gasteiger partial charge in [0.25, 0.3) is 0 Å². The fourth-order valence-corrected chi connectivity index (χ4v) is 4.20. The van der Waals surface area contributed by atoms with Gasteiger partial charge in [0.05, 0.1) is 5.56 Å². The molecule has 3 N–H and O–H groups in total. The van der Waals surface area contributed by atoms with E-state index >= 15 is 0 Å². The van der Waals surface area contributed by atoms with Crippen molar-refractivity contribution < 1.29 is 14.6 Å². The van der Waals surface area contributed by atoms with Crippen molar-refractivity contribution in [1.29, 1.82) is 0 Å².